The first-order valence-electron chi connectivity index (χ1n) is 7.77. The van der Waals surface area contributed by atoms with Crippen LogP contribution >= 0.6 is 11.3 Å². The summed E-state index contributed by atoms with van der Waals surface area (Å²) in [6.07, 6.45) is 0.542. The van der Waals surface area contributed by atoms with Gasteiger partial charge in [0, 0.05) is 17.2 Å². The van der Waals surface area contributed by atoms with Crippen molar-refractivity contribution in [1.82, 2.24) is 5.32 Å². The van der Waals surface area contributed by atoms with E-state index in [9.17, 15) is 14.7 Å². The van der Waals surface area contributed by atoms with Crippen LogP contribution < -0.4 is 5.32 Å². The van der Waals surface area contributed by atoms with E-state index in [0.717, 1.165) is 10.4 Å². The van der Waals surface area contributed by atoms with Crippen molar-refractivity contribution in [1.29, 1.82) is 0 Å². The maximum absolute atomic E-state index is 12.3. The fourth-order valence-corrected chi connectivity index (χ4v) is 3.41. The van der Waals surface area contributed by atoms with Crippen LogP contribution in [0.1, 0.15) is 29.2 Å². The summed E-state index contributed by atoms with van der Waals surface area (Å²) in [5.74, 6) is -1.52. The minimum absolute atomic E-state index is 0.0869. The highest BCUT2D eigenvalue weighted by Gasteiger charge is 2.21. The van der Waals surface area contributed by atoms with Crippen molar-refractivity contribution < 1.29 is 19.8 Å². The highest BCUT2D eigenvalue weighted by atomic mass is 32.1. The van der Waals surface area contributed by atoms with Crippen molar-refractivity contribution in [2.24, 2.45) is 0 Å². The number of aliphatic hydroxyl groups is 1. The Morgan fingerprint density at radius 2 is 1.83 bits per heavy atom. The van der Waals surface area contributed by atoms with E-state index in [4.69, 9.17) is 5.11 Å². The second-order valence-electron chi connectivity index (χ2n) is 5.65. The molecule has 1 aromatic carbocycles. The molecule has 0 unspecified atom stereocenters. The third-order valence-electron chi connectivity index (χ3n) is 3.71. The van der Waals surface area contributed by atoms with Gasteiger partial charge in [-0.1, -0.05) is 36.4 Å². The van der Waals surface area contributed by atoms with Crippen molar-refractivity contribution in [3.63, 3.8) is 0 Å². The molecule has 3 N–H and O–H groups in total. The average molecular weight is 347 g/mol. The Bertz CT molecular complexity index is 642. The lowest BCUT2D eigenvalue weighted by Gasteiger charge is -2.19. The zero-order valence-electron chi connectivity index (χ0n) is 13.2. The predicted molar refractivity (Wildman–Crippen MR) is 93.1 cm³/mol. The number of aliphatic hydroxyl groups excluding tert-OH is 1. The second-order valence-corrected chi connectivity index (χ2v) is 6.63. The van der Waals surface area contributed by atoms with Gasteiger partial charge in [-0.2, -0.15) is 0 Å². The van der Waals surface area contributed by atoms with Crippen molar-refractivity contribution >= 4 is 23.2 Å². The van der Waals surface area contributed by atoms with Crippen molar-refractivity contribution in [3.05, 3.63) is 58.3 Å². The van der Waals surface area contributed by atoms with E-state index in [1.165, 1.54) is 11.3 Å². The lowest BCUT2D eigenvalue weighted by atomic mass is 9.98. The van der Waals surface area contributed by atoms with Gasteiger partial charge < -0.3 is 15.5 Å². The highest BCUT2D eigenvalue weighted by molar-refractivity contribution is 7.10. The molecule has 0 aliphatic heterocycles. The molecule has 2 aromatic rings. The topological polar surface area (TPSA) is 86.6 Å². The molecular weight excluding hydrogens is 326 g/mol. The summed E-state index contributed by atoms with van der Waals surface area (Å²) >= 11 is 1.45. The zero-order chi connectivity index (χ0) is 17.4. The molecule has 0 saturated heterocycles. The summed E-state index contributed by atoms with van der Waals surface area (Å²) in [5.41, 5.74) is 1.03. The Balaban J connectivity index is 1.94. The fraction of sp³-hybridized carbons (Fsp3) is 0.333. The van der Waals surface area contributed by atoms with Gasteiger partial charge in [0.15, 0.2) is 0 Å². The van der Waals surface area contributed by atoms with E-state index in [1.807, 2.05) is 47.8 Å². The molecule has 0 saturated carbocycles. The molecule has 0 spiro atoms. The Kier molecular flexibility index (Phi) is 6.96. The summed E-state index contributed by atoms with van der Waals surface area (Å²) in [6.45, 7) is -0.163. The van der Waals surface area contributed by atoms with E-state index in [2.05, 4.69) is 5.32 Å². The summed E-state index contributed by atoms with van der Waals surface area (Å²) in [4.78, 5) is 24.2. The van der Waals surface area contributed by atoms with E-state index in [1.54, 1.807) is 0 Å². The minimum atomic E-state index is -0.927. The van der Waals surface area contributed by atoms with Gasteiger partial charge in [0.1, 0.15) is 0 Å². The number of carbonyl (C=O) groups excluding carboxylic acids is 1. The standard InChI is InChI=1S/C18H21NO4S/c20-12-15(9-13-5-2-1-3-6-13)19-17(21)10-14(11-18(22)23)16-7-4-8-24-16/h1-8,14-15,20H,9-12H2,(H,19,21)(H,22,23)/t14-,15+/m0/s1. The van der Waals surface area contributed by atoms with Crippen LogP contribution in [0.15, 0.2) is 47.8 Å². The first-order chi connectivity index (χ1) is 11.6. The van der Waals surface area contributed by atoms with Gasteiger partial charge >= 0.3 is 5.97 Å². The zero-order valence-corrected chi connectivity index (χ0v) is 14.0. The summed E-state index contributed by atoms with van der Waals surface area (Å²) in [5, 5.41) is 23.2. The Morgan fingerprint density at radius 1 is 1.08 bits per heavy atom. The molecule has 0 radical (unpaired) electrons. The lowest BCUT2D eigenvalue weighted by molar-refractivity contribution is -0.137. The van der Waals surface area contributed by atoms with Crippen LogP contribution in [0.3, 0.4) is 0 Å². The average Bonchev–Trinajstić information content (AvgIpc) is 3.08. The lowest BCUT2D eigenvalue weighted by Crippen LogP contribution is -2.39. The molecule has 6 heteroatoms. The predicted octanol–water partition coefficient (Wildman–Crippen LogP) is 2.42. The normalized spacial score (nSPS) is 13.2. The van der Waals surface area contributed by atoms with E-state index in [0.29, 0.717) is 6.42 Å². The van der Waals surface area contributed by atoms with Crippen LogP contribution in [-0.2, 0) is 16.0 Å². The number of carboxylic acid groups (broad SMARTS) is 1. The molecule has 24 heavy (non-hydrogen) atoms. The van der Waals surface area contributed by atoms with Crippen LogP contribution in [-0.4, -0.2) is 34.7 Å². The number of rotatable bonds is 9. The number of aliphatic carboxylic acids is 1. The van der Waals surface area contributed by atoms with E-state index in [-0.39, 0.29) is 37.3 Å². The molecule has 0 aliphatic rings. The molecule has 128 valence electrons. The first-order valence-corrected chi connectivity index (χ1v) is 8.65. The Hall–Kier alpha value is -2.18. The molecular formula is C18H21NO4S. The number of carbonyl (C=O) groups is 2. The summed E-state index contributed by atoms with van der Waals surface area (Å²) in [6, 6.07) is 12.9. The minimum Gasteiger partial charge on any atom is -0.481 e. The van der Waals surface area contributed by atoms with Crippen LogP contribution in [0, 0.1) is 0 Å². The monoisotopic (exact) mass is 347 g/mol. The number of hydrogen-bond donors (Lipinski definition) is 3. The number of carboxylic acids is 1. The van der Waals surface area contributed by atoms with Gasteiger partial charge in [-0.05, 0) is 23.4 Å². The Labute approximate surface area is 145 Å². The molecule has 0 aliphatic carbocycles. The SMILES string of the molecule is O=C(O)C[C@H](CC(=O)N[C@@H](CO)Cc1ccccc1)c1cccs1. The van der Waals surface area contributed by atoms with Crippen molar-refractivity contribution in [2.45, 2.75) is 31.2 Å². The van der Waals surface area contributed by atoms with Gasteiger partial charge in [-0.3, -0.25) is 9.59 Å². The number of thiophene rings is 1. The smallest absolute Gasteiger partial charge is 0.304 e. The molecule has 5 nitrogen and oxygen atoms in total. The molecule has 2 atom stereocenters. The maximum Gasteiger partial charge on any atom is 0.304 e. The number of hydrogen-bond acceptors (Lipinski definition) is 4. The van der Waals surface area contributed by atoms with Gasteiger partial charge in [0.05, 0.1) is 19.1 Å². The molecule has 0 bridgehead atoms. The Morgan fingerprint density at radius 3 is 2.42 bits per heavy atom. The van der Waals surface area contributed by atoms with Crippen molar-refractivity contribution in [2.75, 3.05) is 6.61 Å². The van der Waals surface area contributed by atoms with E-state index < -0.39 is 5.97 Å². The van der Waals surface area contributed by atoms with Gasteiger partial charge in [-0.25, -0.2) is 0 Å². The van der Waals surface area contributed by atoms with Crippen LogP contribution in [0.4, 0.5) is 0 Å². The number of nitrogens with one attached hydrogen (secondary N) is 1. The van der Waals surface area contributed by atoms with Gasteiger partial charge in [-0.15, -0.1) is 11.3 Å². The third-order valence-corrected chi connectivity index (χ3v) is 4.74. The van der Waals surface area contributed by atoms with Crippen molar-refractivity contribution in [3.8, 4) is 0 Å². The number of benzene rings is 1. The van der Waals surface area contributed by atoms with Crippen LogP contribution in [0.25, 0.3) is 0 Å². The summed E-state index contributed by atoms with van der Waals surface area (Å²) < 4.78 is 0. The fourth-order valence-electron chi connectivity index (χ4n) is 2.58. The molecule has 1 heterocycles. The first kappa shape index (κ1) is 18.2. The highest BCUT2D eigenvalue weighted by Crippen LogP contribution is 2.27. The number of amides is 1. The van der Waals surface area contributed by atoms with Crippen LogP contribution in [0.5, 0.6) is 0 Å². The van der Waals surface area contributed by atoms with E-state index >= 15 is 0 Å². The van der Waals surface area contributed by atoms with Crippen LogP contribution in [0.2, 0.25) is 0 Å². The largest absolute Gasteiger partial charge is 0.481 e. The van der Waals surface area contributed by atoms with Gasteiger partial charge in [0.2, 0.25) is 5.91 Å². The van der Waals surface area contributed by atoms with Gasteiger partial charge in [0.25, 0.3) is 0 Å². The molecule has 2 rings (SSSR count). The molecule has 0 fully saturated rings. The summed E-state index contributed by atoms with van der Waals surface area (Å²) in [7, 11) is 0. The molecule has 1 amide bonds. The third kappa shape index (κ3) is 5.79. The maximum atomic E-state index is 12.3. The quantitative estimate of drug-likeness (QED) is 0.650. The second kappa shape index (κ2) is 9.20. The molecule has 1 aromatic heterocycles.